The monoisotopic (exact) mass is 344 g/mol. The van der Waals surface area contributed by atoms with E-state index in [9.17, 15) is 9.59 Å². The Kier molecular flexibility index (Phi) is 5.38. The van der Waals surface area contributed by atoms with Gasteiger partial charge in [0.1, 0.15) is 12.6 Å². The largest absolute Gasteiger partial charge is 0.445 e. The molecule has 1 aromatic carbocycles. The summed E-state index contributed by atoms with van der Waals surface area (Å²) in [5.41, 5.74) is 0.917. The third kappa shape index (κ3) is 3.69. The first-order chi connectivity index (χ1) is 12.1. The lowest BCUT2D eigenvalue weighted by Gasteiger charge is -2.49. The zero-order valence-electron chi connectivity index (χ0n) is 14.5. The van der Waals surface area contributed by atoms with Crippen LogP contribution in [0.1, 0.15) is 18.9 Å². The quantitative estimate of drug-likeness (QED) is 0.786. The minimum Gasteiger partial charge on any atom is -0.445 e. The smallest absolute Gasteiger partial charge is 0.410 e. The molecule has 0 spiro atoms. The Bertz CT molecular complexity index is 634. The minimum absolute atomic E-state index is 0.00584. The highest BCUT2D eigenvalue weighted by Gasteiger charge is 2.45. The summed E-state index contributed by atoms with van der Waals surface area (Å²) in [4.78, 5) is 28.7. The van der Waals surface area contributed by atoms with Gasteiger partial charge in [-0.1, -0.05) is 36.4 Å². The molecule has 6 nitrogen and oxygen atoms in total. The highest BCUT2D eigenvalue weighted by Crippen LogP contribution is 2.25. The first-order valence-electron chi connectivity index (χ1n) is 8.60. The number of carbonyl (C=O) groups excluding carboxylic acids is 2. The molecule has 0 aromatic heterocycles. The molecular weight excluding hydrogens is 320 g/mol. The molecule has 0 bridgehead atoms. The second-order valence-corrected chi connectivity index (χ2v) is 6.48. The molecule has 2 heterocycles. The third-order valence-corrected chi connectivity index (χ3v) is 4.77. The average molecular weight is 344 g/mol. The number of morpholine rings is 1. The topological polar surface area (TPSA) is 59.1 Å². The SMILES string of the molecule is C=CCC1COCC2CN(C(=O)OCc3ccccc3)C(C)C(=O)N12. The molecule has 2 aliphatic heterocycles. The van der Waals surface area contributed by atoms with Crippen molar-refractivity contribution < 1.29 is 19.1 Å². The van der Waals surface area contributed by atoms with E-state index in [1.165, 1.54) is 4.90 Å². The molecule has 0 saturated carbocycles. The molecule has 2 aliphatic rings. The van der Waals surface area contributed by atoms with Crippen LogP contribution in [0.25, 0.3) is 0 Å². The molecule has 0 N–H and O–H groups in total. The van der Waals surface area contributed by atoms with Gasteiger partial charge in [0.2, 0.25) is 5.91 Å². The lowest BCUT2D eigenvalue weighted by Crippen LogP contribution is -2.68. The molecule has 0 radical (unpaired) electrons. The van der Waals surface area contributed by atoms with Crippen LogP contribution in [-0.2, 0) is 20.9 Å². The fourth-order valence-corrected chi connectivity index (χ4v) is 3.44. The van der Waals surface area contributed by atoms with Crippen molar-refractivity contribution in [1.29, 1.82) is 0 Å². The molecule has 2 fully saturated rings. The van der Waals surface area contributed by atoms with Gasteiger partial charge in [-0.05, 0) is 18.9 Å². The van der Waals surface area contributed by atoms with Gasteiger partial charge in [0.05, 0.1) is 25.3 Å². The normalized spacial score (nSPS) is 26.1. The van der Waals surface area contributed by atoms with Gasteiger partial charge in [-0.25, -0.2) is 4.79 Å². The van der Waals surface area contributed by atoms with E-state index in [1.54, 1.807) is 13.0 Å². The third-order valence-electron chi connectivity index (χ3n) is 4.77. The molecule has 2 amide bonds. The second-order valence-electron chi connectivity index (χ2n) is 6.48. The van der Waals surface area contributed by atoms with Crippen LogP contribution in [0.5, 0.6) is 0 Å². The second kappa shape index (κ2) is 7.70. The number of rotatable bonds is 4. The highest BCUT2D eigenvalue weighted by molar-refractivity contribution is 5.87. The number of hydrogen-bond acceptors (Lipinski definition) is 4. The summed E-state index contributed by atoms with van der Waals surface area (Å²) in [6.07, 6.45) is 2.03. The first kappa shape index (κ1) is 17.5. The highest BCUT2D eigenvalue weighted by atomic mass is 16.6. The Morgan fingerprint density at radius 1 is 1.36 bits per heavy atom. The molecule has 6 heteroatoms. The van der Waals surface area contributed by atoms with Crippen LogP contribution in [0.15, 0.2) is 43.0 Å². The summed E-state index contributed by atoms with van der Waals surface area (Å²) in [6.45, 7) is 7.08. The molecule has 0 aliphatic carbocycles. The number of carbonyl (C=O) groups is 2. The number of piperazine rings is 1. The Balaban J connectivity index is 1.66. The predicted octanol–water partition coefficient (Wildman–Crippen LogP) is 2.20. The summed E-state index contributed by atoms with van der Waals surface area (Å²) >= 11 is 0. The zero-order chi connectivity index (χ0) is 17.8. The van der Waals surface area contributed by atoms with E-state index in [4.69, 9.17) is 9.47 Å². The van der Waals surface area contributed by atoms with E-state index in [1.807, 2.05) is 35.2 Å². The Morgan fingerprint density at radius 3 is 2.84 bits per heavy atom. The van der Waals surface area contributed by atoms with Gasteiger partial charge in [0.15, 0.2) is 0 Å². The lowest BCUT2D eigenvalue weighted by atomic mass is 10.0. The van der Waals surface area contributed by atoms with Gasteiger partial charge in [0, 0.05) is 6.54 Å². The van der Waals surface area contributed by atoms with Gasteiger partial charge in [-0.3, -0.25) is 9.69 Å². The summed E-state index contributed by atoms with van der Waals surface area (Å²) in [6, 6.07) is 8.82. The Hall–Kier alpha value is -2.34. The number of benzene rings is 1. The van der Waals surface area contributed by atoms with Gasteiger partial charge in [-0.15, -0.1) is 6.58 Å². The molecule has 134 valence electrons. The van der Waals surface area contributed by atoms with Crippen molar-refractivity contribution >= 4 is 12.0 Å². The van der Waals surface area contributed by atoms with Gasteiger partial charge >= 0.3 is 6.09 Å². The summed E-state index contributed by atoms with van der Waals surface area (Å²) < 4.78 is 11.0. The minimum atomic E-state index is -0.537. The van der Waals surface area contributed by atoms with E-state index in [2.05, 4.69) is 6.58 Å². The Morgan fingerprint density at radius 2 is 2.12 bits per heavy atom. The molecule has 25 heavy (non-hydrogen) atoms. The van der Waals surface area contributed by atoms with E-state index in [0.29, 0.717) is 26.2 Å². The Labute approximate surface area is 148 Å². The van der Waals surface area contributed by atoms with Crippen LogP contribution in [-0.4, -0.2) is 59.7 Å². The van der Waals surface area contributed by atoms with Crippen molar-refractivity contribution in [2.24, 2.45) is 0 Å². The fraction of sp³-hybridized carbons (Fsp3) is 0.474. The van der Waals surface area contributed by atoms with Crippen LogP contribution in [0, 0.1) is 0 Å². The predicted molar refractivity (Wildman–Crippen MR) is 92.9 cm³/mol. The maximum atomic E-state index is 12.8. The van der Waals surface area contributed by atoms with Crippen LogP contribution in [0.2, 0.25) is 0 Å². The lowest BCUT2D eigenvalue weighted by molar-refractivity contribution is -0.160. The average Bonchev–Trinajstić information content (AvgIpc) is 2.64. The molecule has 1 aromatic rings. The van der Waals surface area contributed by atoms with E-state index >= 15 is 0 Å². The van der Waals surface area contributed by atoms with Crippen LogP contribution in [0.4, 0.5) is 4.79 Å². The number of amides is 2. The van der Waals surface area contributed by atoms with Crippen LogP contribution in [0.3, 0.4) is 0 Å². The molecule has 2 saturated heterocycles. The van der Waals surface area contributed by atoms with Gasteiger partial charge in [0.25, 0.3) is 0 Å². The maximum absolute atomic E-state index is 12.8. The van der Waals surface area contributed by atoms with E-state index < -0.39 is 12.1 Å². The van der Waals surface area contributed by atoms with Crippen molar-refractivity contribution in [3.8, 4) is 0 Å². The summed E-state index contributed by atoms with van der Waals surface area (Å²) in [5, 5.41) is 0. The van der Waals surface area contributed by atoms with Crippen molar-refractivity contribution in [2.75, 3.05) is 19.8 Å². The van der Waals surface area contributed by atoms with Crippen molar-refractivity contribution in [3.63, 3.8) is 0 Å². The number of hydrogen-bond donors (Lipinski definition) is 0. The molecular formula is C19H24N2O4. The standard InChI is InChI=1S/C19H24N2O4/c1-3-7-16-12-24-13-17-10-20(14(2)18(22)21(16)17)19(23)25-11-15-8-5-4-6-9-15/h3-6,8-9,14,16-17H,1,7,10-13H2,2H3. The first-order valence-corrected chi connectivity index (χ1v) is 8.60. The number of ether oxygens (including phenoxy) is 2. The molecule has 3 atom stereocenters. The number of fused-ring (bicyclic) bond motifs is 1. The van der Waals surface area contributed by atoms with Crippen molar-refractivity contribution in [1.82, 2.24) is 9.80 Å². The van der Waals surface area contributed by atoms with Crippen LogP contribution >= 0.6 is 0 Å². The van der Waals surface area contributed by atoms with Gasteiger partial charge < -0.3 is 14.4 Å². The summed E-state index contributed by atoms with van der Waals surface area (Å²) in [5.74, 6) is -0.0527. The zero-order valence-corrected chi connectivity index (χ0v) is 14.5. The van der Waals surface area contributed by atoms with E-state index in [0.717, 1.165) is 5.56 Å². The maximum Gasteiger partial charge on any atom is 0.410 e. The summed E-state index contributed by atoms with van der Waals surface area (Å²) in [7, 11) is 0. The van der Waals surface area contributed by atoms with E-state index in [-0.39, 0.29) is 24.6 Å². The van der Waals surface area contributed by atoms with Crippen molar-refractivity contribution in [2.45, 2.75) is 38.1 Å². The fourth-order valence-electron chi connectivity index (χ4n) is 3.44. The molecule has 3 rings (SSSR count). The van der Waals surface area contributed by atoms with Crippen LogP contribution < -0.4 is 0 Å². The van der Waals surface area contributed by atoms with Gasteiger partial charge in [-0.2, -0.15) is 0 Å². The van der Waals surface area contributed by atoms with Crippen molar-refractivity contribution in [3.05, 3.63) is 48.6 Å². The molecule has 3 unspecified atom stereocenters. The number of nitrogens with zero attached hydrogens (tertiary/aromatic N) is 2.